The first-order valence-electron chi connectivity index (χ1n) is 9.96. The van der Waals surface area contributed by atoms with Crippen molar-refractivity contribution in [1.82, 2.24) is 5.32 Å². The Balaban J connectivity index is 2.03. The summed E-state index contributed by atoms with van der Waals surface area (Å²) in [7, 11) is 1.24. The lowest BCUT2D eigenvalue weighted by atomic mass is 10.1. The van der Waals surface area contributed by atoms with E-state index in [2.05, 4.69) is 10.6 Å². The minimum atomic E-state index is -0.891. The molecular weight excluding hydrogens is 515 g/mol. The molecule has 0 saturated carbocycles. The summed E-state index contributed by atoms with van der Waals surface area (Å²) < 4.78 is 4.93. The normalized spacial score (nSPS) is 10.9. The van der Waals surface area contributed by atoms with Gasteiger partial charge in [-0.05, 0) is 42.5 Å². The number of hydrogen-bond acceptors (Lipinski definition) is 7. The smallest absolute Gasteiger partial charge is 0.311 e. The molecule has 0 fully saturated rings. The van der Waals surface area contributed by atoms with Gasteiger partial charge >= 0.3 is 5.69 Å². The summed E-state index contributed by atoms with van der Waals surface area (Å²) in [5.74, 6) is -1.84. The van der Waals surface area contributed by atoms with Crippen molar-refractivity contribution in [3.63, 3.8) is 0 Å². The molecule has 0 unspecified atom stereocenters. The summed E-state index contributed by atoms with van der Waals surface area (Å²) in [6.07, 6.45) is 1.10. The fourth-order valence-corrected chi connectivity index (χ4v) is 3.38. The summed E-state index contributed by atoms with van der Waals surface area (Å²) in [5, 5.41) is 28.0. The zero-order valence-corrected chi connectivity index (χ0v) is 19.9. The Morgan fingerprint density at radius 1 is 0.944 bits per heavy atom. The van der Waals surface area contributed by atoms with E-state index in [0.717, 1.165) is 12.1 Å². The average Bonchev–Trinajstić information content (AvgIpc) is 2.85. The van der Waals surface area contributed by atoms with Crippen LogP contribution in [0.15, 0.2) is 66.4 Å². The van der Waals surface area contributed by atoms with Crippen molar-refractivity contribution in [2.45, 2.75) is 0 Å². The van der Waals surface area contributed by atoms with Crippen LogP contribution in [0.2, 0.25) is 10.0 Å². The monoisotopic (exact) mass is 530 g/mol. The van der Waals surface area contributed by atoms with Crippen LogP contribution in [0.25, 0.3) is 6.08 Å². The van der Waals surface area contributed by atoms with Crippen molar-refractivity contribution in [1.29, 1.82) is 0 Å². The molecule has 2 N–H and O–H groups in total. The predicted molar refractivity (Wildman–Crippen MR) is 133 cm³/mol. The molecular formula is C23H16Cl2N4O7. The molecule has 36 heavy (non-hydrogen) atoms. The van der Waals surface area contributed by atoms with E-state index in [4.69, 9.17) is 27.9 Å². The van der Waals surface area contributed by atoms with Crippen molar-refractivity contribution in [2.75, 3.05) is 12.4 Å². The van der Waals surface area contributed by atoms with E-state index in [-0.39, 0.29) is 38.3 Å². The van der Waals surface area contributed by atoms with E-state index in [1.165, 1.54) is 61.7 Å². The molecule has 0 aromatic heterocycles. The molecule has 0 atom stereocenters. The van der Waals surface area contributed by atoms with Gasteiger partial charge in [0, 0.05) is 22.7 Å². The fourth-order valence-electron chi connectivity index (χ4n) is 3.04. The molecule has 2 amide bonds. The predicted octanol–water partition coefficient (Wildman–Crippen LogP) is 5.23. The van der Waals surface area contributed by atoms with E-state index in [0.29, 0.717) is 0 Å². The first kappa shape index (κ1) is 26.1. The largest absolute Gasteiger partial charge is 0.490 e. The van der Waals surface area contributed by atoms with E-state index < -0.39 is 33.0 Å². The van der Waals surface area contributed by atoms with Crippen molar-refractivity contribution in [3.05, 3.63) is 108 Å². The van der Waals surface area contributed by atoms with Gasteiger partial charge in [0.25, 0.3) is 17.5 Å². The SMILES string of the molecule is COc1ccc(C(=O)N/C(=C\c2ccccc2[N+](=O)[O-])C(=O)Nc2cc(Cl)ccc2Cl)cc1[N+](=O)[O-]. The van der Waals surface area contributed by atoms with Crippen molar-refractivity contribution < 1.29 is 24.2 Å². The molecule has 0 radical (unpaired) electrons. The molecule has 0 bridgehead atoms. The van der Waals surface area contributed by atoms with E-state index in [1.807, 2.05) is 0 Å². The van der Waals surface area contributed by atoms with Crippen LogP contribution in [0.4, 0.5) is 17.1 Å². The molecule has 3 rings (SSSR count). The highest BCUT2D eigenvalue weighted by atomic mass is 35.5. The number of halogens is 2. The van der Waals surface area contributed by atoms with Gasteiger partial charge in [-0.15, -0.1) is 0 Å². The van der Waals surface area contributed by atoms with Crippen molar-refractivity contribution in [3.8, 4) is 5.75 Å². The maximum Gasteiger partial charge on any atom is 0.311 e. The highest BCUT2D eigenvalue weighted by molar-refractivity contribution is 6.36. The fraction of sp³-hybridized carbons (Fsp3) is 0.0435. The maximum absolute atomic E-state index is 13.1. The number of ether oxygens (including phenoxy) is 1. The van der Waals surface area contributed by atoms with Crippen LogP contribution in [0.5, 0.6) is 5.75 Å². The second-order valence-corrected chi connectivity index (χ2v) is 7.89. The van der Waals surface area contributed by atoms with Crippen LogP contribution >= 0.6 is 23.2 Å². The molecule has 0 aliphatic heterocycles. The summed E-state index contributed by atoms with van der Waals surface area (Å²) >= 11 is 12.1. The molecule has 0 aliphatic rings. The second kappa shape index (κ2) is 11.3. The lowest BCUT2D eigenvalue weighted by Crippen LogP contribution is -2.31. The number of carbonyl (C=O) groups excluding carboxylic acids is 2. The molecule has 11 nitrogen and oxygen atoms in total. The molecule has 0 aliphatic carbocycles. The molecule has 13 heteroatoms. The molecule has 0 saturated heterocycles. The number of anilines is 1. The second-order valence-electron chi connectivity index (χ2n) is 7.05. The Hall–Kier alpha value is -4.48. The third-order valence-electron chi connectivity index (χ3n) is 4.74. The summed E-state index contributed by atoms with van der Waals surface area (Å²) in [6, 6.07) is 13.3. The van der Waals surface area contributed by atoms with Gasteiger partial charge in [0.15, 0.2) is 5.75 Å². The number of rotatable bonds is 8. The Morgan fingerprint density at radius 2 is 1.64 bits per heavy atom. The van der Waals surface area contributed by atoms with Gasteiger partial charge in [0.05, 0.1) is 33.2 Å². The third-order valence-corrected chi connectivity index (χ3v) is 5.31. The zero-order valence-electron chi connectivity index (χ0n) is 18.4. The van der Waals surface area contributed by atoms with Gasteiger partial charge < -0.3 is 15.4 Å². The standard InChI is InChI=1S/C23H16Cl2N4O7/c1-36-21-9-6-14(11-20(21)29(34)35)22(30)27-18(10-13-4-2-3-5-19(13)28(32)33)23(31)26-17-12-15(24)7-8-16(17)25/h2-12H,1H3,(H,26,31)(H,27,30)/b18-10-. The number of hydrogen-bond donors (Lipinski definition) is 2. The number of carbonyl (C=O) groups is 2. The van der Waals surface area contributed by atoms with Gasteiger partial charge in [-0.3, -0.25) is 29.8 Å². The first-order valence-corrected chi connectivity index (χ1v) is 10.7. The van der Waals surface area contributed by atoms with Crippen LogP contribution < -0.4 is 15.4 Å². The van der Waals surface area contributed by atoms with Gasteiger partial charge in [0.1, 0.15) is 5.70 Å². The Labute approximate surface area is 213 Å². The Morgan fingerprint density at radius 3 is 2.31 bits per heavy atom. The van der Waals surface area contributed by atoms with Crippen LogP contribution in [0, 0.1) is 20.2 Å². The van der Waals surface area contributed by atoms with E-state index >= 15 is 0 Å². The molecule has 184 valence electrons. The van der Waals surface area contributed by atoms with Crippen molar-refractivity contribution >= 4 is 58.2 Å². The first-order chi connectivity index (χ1) is 17.1. The number of nitro groups is 2. The molecule has 0 spiro atoms. The zero-order chi connectivity index (χ0) is 26.4. The van der Waals surface area contributed by atoms with Crippen LogP contribution in [0.3, 0.4) is 0 Å². The number of nitrogens with zero attached hydrogens (tertiary/aromatic N) is 2. The number of nitro benzene ring substituents is 2. The molecule has 3 aromatic rings. The number of amides is 2. The number of para-hydroxylation sites is 1. The summed E-state index contributed by atoms with van der Waals surface area (Å²) in [4.78, 5) is 47.4. The molecule has 3 aromatic carbocycles. The lowest BCUT2D eigenvalue weighted by Gasteiger charge is -2.13. The topological polar surface area (TPSA) is 154 Å². The Kier molecular flexibility index (Phi) is 8.20. The van der Waals surface area contributed by atoms with Crippen LogP contribution in [0.1, 0.15) is 15.9 Å². The maximum atomic E-state index is 13.1. The van der Waals surface area contributed by atoms with Gasteiger partial charge in [0.2, 0.25) is 0 Å². The number of methoxy groups -OCH3 is 1. The quantitative estimate of drug-likeness (QED) is 0.229. The van der Waals surface area contributed by atoms with E-state index in [9.17, 15) is 29.8 Å². The minimum Gasteiger partial charge on any atom is -0.490 e. The number of benzene rings is 3. The Bertz CT molecular complexity index is 1410. The van der Waals surface area contributed by atoms with E-state index in [1.54, 1.807) is 0 Å². The highest BCUT2D eigenvalue weighted by Crippen LogP contribution is 2.29. The van der Waals surface area contributed by atoms with Crippen LogP contribution in [-0.4, -0.2) is 28.8 Å². The molecule has 0 heterocycles. The van der Waals surface area contributed by atoms with Gasteiger partial charge in [-0.25, -0.2) is 0 Å². The summed E-state index contributed by atoms with van der Waals surface area (Å²) in [5.41, 5.74) is -1.21. The summed E-state index contributed by atoms with van der Waals surface area (Å²) in [6.45, 7) is 0. The van der Waals surface area contributed by atoms with Crippen molar-refractivity contribution in [2.24, 2.45) is 0 Å². The highest BCUT2D eigenvalue weighted by Gasteiger charge is 2.22. The minimum absolute atomic E-state index is 0.0193. The van der Waals surface area contributed by atoms with Gasteiger partial charge in [-0.1, -0.05) is 35.3 Å². The third kappa shape index (κ3) is 6.14. The number of nitrogens with one attached hydrogen (secondary N) is 2. The lowest BCUT2D eigenvalue weighted by molar-refractivity contribution is -0.385. The van der Waals surface area contributed by atoms with Gasteiger partial charge in [-0.2, -0.15) is 0 Å². The average molecular weight is 531 g/mol. The van der Waals surface area contributed by atoms with Crippen LogP contribution in [-0.2, 0) is 4.79 Å².